The molecule has 0 aliphatic carbocycles. The third kappa shape index (κ3) is 10.7. The first-order chi connectivity index (χ1) is 15.7. The molecule has 0 aliphatic rings. The molecule has 0 aromatic heterocycles. The Hall–Kier alpha value is -1.10. The van der Waals surface area contributed by atoms with Crippen LogP contribution in [0.1, 0.15) is 70.4 Å². The quantitative estimate of drug-likeness (QED) is 0.147. The first kappa shape index (κ1) is 27.1. The normalized spacial score (nSPS) is 12.1. The van der Waals surface area contributed by atoms with E-state index >= 15 is 0 Å². The summed E-state index contributed by atoms with van der Waals surface area (Å²) in [5, 5.41) is 0. The van der Waals surface area contributed by atoms with Crippen molar-refractivity contribution in [3.63, 3.8) is 0 Å². The molecule has 0 atom stereocenters. The van der Waals surface area contributed by atoms with Crippen molar-refractivity contribution in [3.05, 3.63) is 82.0 Å². The Labute approximate surface area is 201 Å². The number of rotatable bonds is 17. The maximum absolute atomic E-state index is 6.28. The molecule has 0 amide bonds. The molecule has 32 heavy (non-hydrogen) atoms. The van der Waals surface area contributed by atoms with Crippen LogP contribution >= 0.6 is 0 Å². The molecule has 0 unspecified atom stereocenters. The van der Waals surface area contributed by atoms with E-state index in [0.717, 1.165) is 0 Å². The summed E-state index contributed by atoms with van der Waals surface area (Å²) in [6.45, 7) is 8.14. The number of hydrogen-bond donors (Lipinski definition) is 0. The number of hydrogen-bond acceptors (Lipinski definition) is 2. The fourth-order valence-corrected chi connectivity index (χ4v) is 18.4. The van der Waals surface area contributed by atoms with Crippen LogP contribution < -0.4 is 0 Å². The molecule has 2 aromatic rings. The molecule has 2 aromatic carbocycles. The van der Waals surface area contributed by atoms with Crippen LogP contribution in [0, 0.1) is 0 Å². The van der Waals surface area contributed by atoms with Gasteiger partial charge in [-0.1, -0.05) is 0 Å². The fraction of sp³-hybridized carbons (Fsp3) is 0.517. The summed E-state index contributed by atoms with van der Waals surface area (Å²) >= 11 is -2.37. The van der Waals surface area contributed by atoms with E-state index in [4.69, 9.17) is 9.47 Å². The van der Waals surface area contributed by atoms with E-state index in [9.17, 15) is 0 Å². The third-order valence-electron chi connectivity index (χ3n) is 6.21. The Balaban J connectivity index is 2.15. The Morgan fingerprint density at radius 1 is 0.656 bits per heavy atom. The van der Waals surface area contributed by atoms with Gasteiger partial charge in [-0.3, -0.25) is 0 Å². The van der Waals surface area contributed by atoms with Crippen LogP contribution in [0.15, 0.2) is 70.8 Å². The van der Waals surface area contributed by atoms with Crippen LogP contribution in [0.25, 0.3) is 0 Å². The van der Waals surface area contributed by atoms with E-state index in [1.807, 2.05) is 12.1 Å². The van der Waals surface area contributed by atoms with Gasteiger partial charge in [0.1, 0.15) is 0 Å². The van der Waals surface area contributed by atoms with Crippen molar-refractivity contribution < 1.29 is 9.47 Å². The average Bonchev–Trinajstić information content (AvgIpc) is 2.85. The van der Waals surface area contributed by atoms with E-state index in [2.05, 4.69) is 79.5 Å². The van der Waals surface area contributed by atoms with Gasteiger partial charge in [-0.15, -0.1) is 0 Å². The molecular formula is C29H44O2Sn. The number of benzene rings is 2. The Kier molecular flexibility index (Phi) is 14.0. The third-order valence-corrected chi connectivity index (χ3v) is 20.3. The van der Waals surface area contributed by atoms with E-state index in [-0.39, 0.29) is 6.29 Å². The molecule has 0 spiro atoms. The molecule has 0 N–H and O–H groups in total. The zero-order valence-electron chi connectivity index (χ0n) is 20.6. The standard InChI is InChI=1S/C17H17O2.3C4H9.Sn/c1-2-17(18-13-15-9-5-3-6-10-15)19-14-16-11-7-4-8-12-16;3*1-3-4-2;/h1-12,17H,13-14H2;3*1,3-4H2,2H3;. The van der Waals surface area contributed by atoms with Crippen LogP contribution in [0.2, 0.25) is 13.3 Å². The molecule has 0 bridgehead atoms. The zero-order chi connectivity index (χ0) is 22.9. The van der Waals surface area contributed by atoms with Crippen molar-refractivity contribution in [2.24, 2.45) is 0 Å². The Morgan fingerprint density at radius 2 is 1.06 bits per heavy atom. The van der Waals surface area contributed by atoms with Crippen LogP contribution in [-0.4, -0.2) is 24.7 Å². The zero-order valence-corrected chi connectivity index (χ0v) is 23.5. The Morgan fingerprint density at radius 3 is 1.44 bits per heavy atom. The second-order valence-corrected chi connectivity index (χ2v) is 22.0. The Bertz CT molecular complexity index is 664. The van der Waals surface area contributed by atoms with Gasteiger partial charge < -0.3 is 0 Å². The molecule has 0 saturated carbocycles. The van der Waals surface area contributed by atoms with E-state index < -0.39 is 18.4 Å². The second kappa shape index (κ2) is 16.5. The fourth-order valence-electron chi connectivity index (χ4n) is 4.16. The summed E-state index contributed by atoms with van der Waals surface area (Å²) in [5.41, 5.74) is 2.37. The molecule has 2 rings (SSSR count). The van der Waals surface area contributed by atoms with E-state index in [1.165, 1.54) is 63.0 Å². The molecule has 0 heterocycles. The molecule has 2 nitrogen and oxygen atoms in total. The molecule has 176 valence electrons. The van der Waals surface area contributed by atoms with Crippen molar-refractivity contribution in [1.29, 1.82) is 0 Å². The van der Waals surface area contributed by atoms with Crippen LogP contribution in [0.3, 0.4) is 0 Å². The minimum absolute atomic E-state index is 0.295. The summed E-state index contributed by atoms with van der Waals surface area (Å²) < 4.78 is 19.6. The predicted molar refractivity (Wildman–Crippen MR) is 140 cm³/mol. The first-order valence-electron chi connectivity index (χ1n) is 12.7. The van der Waals surface area contributed by atoms with Gasteiger partial charge in [0.05, 0.1) is 0 Å². The molecular weight excluding hydrogens is 499 g/mol. The van der Waals surface area contributed by atoms with Gasteiger partial charge in [-0.2, -0.15) is 0 Å². The van der Waals surface area contributed by atoms with Gasteiger partial charge in [0.25, 0.3) is 0 Å². The van der Waals surface area contributed by atoms with Crippen molar-refractivity contribution in [3.8, 4) is 0 Å². The van der Waals surface area contributed by atoms with Crippen molar-refractivity contribution in [1.82, 2.24) is 0 Å². The summed E-state index contributed by atoms with van der Waals surface area (Å²) in [4.78, 5) is 0. The van der Waals surface area contributed by atoms with Crippen molar-refractivity contribution in [2.75, 3.05) is 0 Å². The second-order valence-electron chi connectivity index (χ2n) is 8.99. The van der Waals surface area contributed by atoms with Gasteiger partial charge in [0.2, 0.25) is 0 Å². The summed E-state index contributed by atoms with van der Waals surface area (Å²) in [7, 11) is 0. The van der Waals surface area contributed by atoms with Gasteiger partial charge >= 0.3 is 202 Å². The summed E-state index contributed by atoms with van der Waals surface area (Å²) in [6, 6.07) is 20.8. The molecule has 0 radical (unpaired) electrons. The van der Waals surface area contributed by atoms with Gasteiger partial charge in [-0.05, 0) is 0 Å². The number of ether oxygens (including phenoxy) is 2. The van der Waals surface area contributed by atoms with E-state index in [0.29, 0.717) is 13.2 Å². The van der Waals surface area contributed by atoms with Gasteiger partial charge in [-0.25, -0.2) is 0 Å². The average molecular weight is 543 g/mol. The molecule has 3 heteroatoms. The topological polar surface area (TPSA) is 18.5 Å². The predicted octanol–water partition coefficient (Wildman–Crippen LogP) is 8.69. The summed E-state index contributed by atoms with van der Waals surface area (Å²) in [5.74, 6) is 0. The monoisotopic (exact) mass is 544 g/mol. The minimum atomic E-state index is -2.37. The molecule has 0 aliphatic heterocycles. The van der Waals surface area contributed by atoms with Gasteiger partial charge in [0.15, 0.2) is 0 Å². The maximum atomic E-state index is 6.28. The SMILES string of the molecule is CCC[CH2][Sn](/[CH]=C/C(OCc1ccccc1)OCc1ccccc1)([CH2]CCC)[CH2]CCC. The molecule has 0 saturated heterocycles. The van der Waals surface area contributed by atoms with E-state index in [1.54, 1.807) is 0 Å². The number of unbranched alkanes of at least 4 members (excludes halogenated alkanes) is 3. The first-order valence-corrected chi connectivity index (χ1v) is 20.4. The van der Waals surface area contributed by atoms with Crippen LogP contribution in [0.4, 0.5) is 0 Å². The van der Waals surface area contributed by atoms with Crippen molar-refractivity contribution >= 4 is 18.4 Å². The van der Waals surface area contributed by atoms with Crippen LogP contribution in [-0.2, 0) is 22.7 Å². The van der Waals surface area contributed by atoms with Crippen molar-refractivity contribution in [2.45, 2.75) is 92.1 Å². The van der Waals surface area contributed by atoms with Gasteiger partial charge in [0, 0.05) is 0 Å². The molecule has 0 fully saturated rings. The summed E-state index contributed by atoms with van der Waals surface area (Å²) in [6.07, 6.45) is 9.99. The van der Waals surface area contributed by atoms with Crippen LogP contribution in [0.5, 0.6) is 0 Å².